The zero-order valence-electron chi connectivity index (χ0n) is 67.5. The summed E-state index contributed by atoms with van der Waals surface area (Å²) in [4.78, 5) is 84.3. The van der Waals surface area contributed by atoms with E-state index in [1.165, 1.54) is 88.7 Å². The van der Waals surface area contributed by atoms with Crippen molar-refractivity contribution in [3.8, 4) is 56.6 Å². The Labute approximate surface area is 698 Å². The van der Waals surface area contributed by atoms with Crippen LogP contribution in [0.1, 0.15) is 88.0 Å². The topological polar surface area (TPSA) is 292 Å². The first-order chi connectivity index (χ1) is 58.9. The molecule has 0 atom stereocenters. The quantitative estimate of drug-likeness (QED) is 0.0248. The number of oxazole rings is 5. The van der Waals surface area contributed by atoms with Gasteiger partial charge < -0.3 is 52.8 Å². The smallest absolute Gasteiger partial charge is 0.337 e. The van der Waals surface area contributed by atoms with Crippen molar-refractivity contribution in [2.24, 2.45) is 0 Å². The molecule has 29 heteroatoms. The van der Waals surface area contributed by atoms with Crippen molar-refractivity contribution in [1.29, 1.82) is 0 Å². The molecule has 0 unspecified atom stereocenters. The molecule has 0 radical (unpaired) electrons. The van der Waals surface area contributed by atoms with Crippen LogP contribution in [0.2, 0.25) is 0 Å². The van der Waals surface area contributed by atoms with Crippen molar-refractivity contribution in [2.45, 2.75) is 53.6 Å². The minimum Gasteiger partial charge on any atom is -0.465 e. The summed E-state index contributed by atoms with van der Waals surface area (Å²) in [6.07, 6.45) is 8.86. The molecular weight excluding hydrogens is 1570 g/mol. The van der Waals surface area contributed by atoms with Gasteiger partial charge in [0.05, 0.1) is 56.3 Å². The number of hydrogen-bond donors (Lipinski definition) is 4. The Morgan fingerprint density at radius 3 is 1.21 bits per heavy atom. The van der Waals surface area contributed by atoms with Crippen molar-refractivity contribution < 1.29 is 77.5 Å². The third-order valence-corrected chi connectivity index (χ3v) is 17.9. The minimum absolute atomic E-state index is 0.00831. The molecule has 622 valence electrons. The van der Waals surface area contributed by atoms with Crippen molar-refractivity contribution in [2.75, 3.05) is 60.2 Å². The van der Waals surface area contributed by atoms with Crippen molar-refractivity contribution in [3.63, 3.8) is 0 Å². The first-order valence-corrected chi connectivity index (χ1v) is 38.0. The predicted molar refractivity (Wildman–Crippen MR) is 454 cm³/mol. The number of esters is 2. The molecule has 122 heavy (non-hydrogen) atoms. The molecule has 15 aromatic rings. The highest BCUT2D eigenvalue weighted by Gasteiger charge is 2.23. The van der Waals surface area contributed by atoms with Gasteiger partial charge in [0.2, 0.25) is 5.91 Å². The van der Waals surface area contributed by atoms with Crippen LogP contribution < -0.4 is 36.0 Å². The number of carbonyl (C=O) groups is 5. The molecule has 15 rings (SSSR count). The molecule has 0 saturated carbocycles. The van der Waals surface area contributed by atoms with Gasteiger partial charge in [-0.25, -0.2) is 56.5 Å². The zero-order valence-corrected chi connectivity index (χ0v) is 67.5. The van der Waals surface area contributed by atoms with Gasteiger partial charge in [-0.1, -0.05) is 79.7 Å². The fraction of sp³-hybridized carbons (Fsp3) is 0.140. The minimum atomic E-state index is -0.415. The molecule has 0 saturated heterocycles. The Kier molecular flexibility index (Phi) is 30.1. The summed E-state index contributed by atoms with van der Waals surface area (Å²) in [7, 11) is 6.04. The number of methoxy groups -OCH3 is 2. The monoisotopic (exact) mass is 1650 g/mol. The maximum Gasteiger partial charge on any atom is 0.337 e. The summed E-state index contributed by atoms with van der Waals surface area (Å²) >= 11 is 0. The van der Waals surface area contributed by atoms with Crippen LogP contribution in [0.25, 0.3) is 56.6 Å². The second-order valence-corrected chi connectivity index (χ2v) is 27.0. The predicted octanol–water partition coefficient (Wildman–Crippen LogP) is 21.5. The molecule has 10 aromatic carbocycles. The number of Topliss-reactive ketones (excluding diaryl/α,β-unsaturated/α-hetero) is 1. The molecule has 0 aliphatic heterocycles. The molecule has 0 aliphatic rings. The summed E-state index contributed by atoms with van der Waals surface area (Å²) in [5, 5.41) is 11.3. The van der Waals surface area contributed by atoms with E-state index in [0.29, 0.717) is 106 Å². The Balaban J connectivity index is 0.000000149. The molecule has 0 fully saturated rings. The number of benzene rings is 10. The number of ketones is 1. The number of nitrogens with one attached hydrogen (secondary N) is 4. The third kappa shape index (κ3) is 24.1. The van der Waals surface area contributed by atoms with Gasteiger partial charge in [-0.2, -0.15) is 0 Å². The van der Waals surface area contributed by atoms with Crippen molar-refractivity contribution >= 4 is 88.0 Å². The number of ether oxygens (including phenoxy) is 2. The number of nitrogens with zero attached hydrogens (tertiary/aromatic N) is 8. The Morgan fingerprint density at radius 2 is 0.779 bits per heavy atom. The van der Waals surface area contributed by atoms with Gasteiger partial charge in [0, 0.05) is 108 Å². The molecule has 0 spiro atoms. The van der Waals surface area contributed by atoms with E-state index in [-0.39, 0.29) is 52.7 Å². The average Bonchev–Trinajstić information content (AvgIpc) is 1.69. The van der Waals surface area contributed by atoms with E-state index in [0.717, 1.165) is 56.9 Å². The number of aromatic nitrogens is 5. The van der Waals surface area contributed by atoms with Crippen LogP contribution in [0.5, 0.6) is 0 Å². The molecule has 5 heterocycles. The Bertz CT molecular complexity index is 6000. The van der Waals surface area contributed by atoms with Gasteiger partial charge in [-0.05, 0) is 203 Å². The van der Waals surface area contributed by atoms with E-state index in [2.05, 4.69) is 46.2 Å². The molecule has 4 N–H and O–H groups in total. The van der Waals surface area contributed by atoms with E-state index in [4.69, 9.17) is 31.6 Å². The summed E-state index contributed by atoms with van der Waals surface area (Å²) < 4.78 is 104. The lowest BCUT2D eigenvalue weighted by atomic mass is 10.1. The largest absolute Gasteiger partial charge is 0.465 e. The highest BCUT2D eigenvalue weighted by atomic mass is 19.1. The summed E-state index contributed by atoms with van der Waals surface area (Å²) in [6, 6.07) is 67.8. The number of halogens is 5. The maximum absolute atomic E-state index is 13.2. The summed E-state index contributed by atoms with van der Waals surface area (Å²) in [6.45, 7) is 10.1. The highest BCUT2D eigenvalue weighted by molar-refractivity contribution is 5.96. The highest BCUT2D eigenvalue weighted by Crippen LogP contribution is 2.36. The van der Waals surface area contributed by atoms with Gasteiger partial charge in [0.25, 0.3) is 17.9 Å². The van der Waals surface area contributed by atoms with Crippen LogP contribution in [0.3, 0.4) is 0 Å². The lowest BCUT2D eigenvalue weighted by Crippen LogP contribution is -2.25. The van der Waals surface area contributed by atoms with E-state index < -0.39 is 11.9 Å². The van der Waals surface area contributed by atoms with Gasteiger partial charge >= 0.3 is 30.0 Å². The fourth-order valence-corrected chi connectivity index (χ4v) is 11.8. The molecular formula is C93H83F5N12O12. The van der Waals surface area contributed by atoms with Crippen LogP contribution in [0.15, 0.2) is 296 Å². The average molecular weight is 1660 g/mol. The van der Waals surface area contributed by atoms with Gasteiger partial charge in [0.15, 0.2) is 34.6 Å². The standard InChI is InChI=1S/2C20H19FN2O3.2C18H16FN3O2.C17H13FN2O2/c1-13(2)23(17-9-7-16(21)8-10-17)20-22-12-18(26-20)14-5-4-6-15(11-14)19(24)25-3;1-3-11-23(17-9-7-16(21)8-10-17)20-22-13-18(26-20)14-5-4-6-15(12-14)19(24)25-2;1-20-17(23)13-5-3-4-12(10-13)16-11-21-18(24-16)22(2)15-8-6-14(19)7-9-15;1-12(23)20-10-13-3-2-4-14(9-13)17-11-21-18(24-17)22-16-7-5-15(19)6-8-16;1-11(21)12-3-2-4-13(9-12)16-10-19-17(22-16)20-15-7-5-14(18)6-8-15/h4-13H,1-3H3;4-10,12-13H,3,11H2,1-2H3;3-11H,1-2H3,(H,20,23);2-9,11H,10H2,1H3,(H,20,23)(H,21,22);2-10H,1H3,(H,19,20). The summed E-state index contributed by atoms with van der Waals surface area (Å²) in [5.41, 5.74) is 10.5. The molecule has 2 amide bonds. The lowest BCUT2D eigenvalue weighted by molar-refractivity contribution is -0.119. The molecule has 5 aromatic heterocycles. The van der Waals surface area contributed by atoms with Crippen molar-refractivity contribution in [1.82, 2.24) is 35.6 Å². The van der Waals surface area contributed by atoms with E-state index in [9.17, 15) is 45.9 Å². The van der Waals surface area contributed by atoms with E-state index in [1.54, 1.807) is 183 Å². The molecule has 0 bridgehead atoms. The van der Waals surface area contributed by atoms with Crippen LogP contribution >= 0.6 is 0 Å². The number of anilines is 10. The maximum atomic E-state index is 13.2. The first-order valence-electron chi connectivity index (χ1n) is 38.0. The van der Waals surface area contributed by atoms with Crippen LogP contribution in [-0.4, -0.2) is 95.4 Å². The summed E-state index contributed by atoms with van der Waals surface area (Å²) in [5.74, 6) is 0.178. The SMILES string of the molecule is CC(=O)NCc1cccc(-c2cnc(Nc3ccc(F)cc3)o2)c1.CC(=O)c1cccc(-c2cnc(Nc3ccc(F)cc3)o2)c1.CCCN(c1ccc(F)cc1)c1ncc(-c2cccc(C(=O)OC)c2)o1.CNC(=O)c1cccc(-c2cnc(N(C)c3ccc(F)cc3)o2)c1.COC(=O)c1cccc(-c2cnc(N(c3ccc(F)cc3)C(C)C)o2)c1. The third-order valence-electron chi connectivity index (χ3n) is 17.9. The lowest BCUT2D eigenvalue weighted by Gasteiger charge is -2.24. The van der Waals surface area contributed by atoms with Crippen LogP contribution in [-0.2, 0) is 20.8 Å². The molecule has 24 nitrogen and oxygen atoms in total. The molecule has 0 aliphatic carbocycles. The first kappa shape index (κ1) is 87.3. The van der Waals surface area contributed by atoms with Crippen LogP contribution in [0.4, 0.5) is 80.5 Å². The number of rotatable bonds is 24. The second-order valence-electron chi connectivity index (χ2n) is 27.0. The normalized spacial score (nSPS) is 10.5. The number of carbonyl (C=O) groups excluding carboxylic acids is 5. The second kappa shape index (κ2) is 42.0. The van der Waals surface area contributed by atoms with E-state index in [1.807, 2.05) is 79.1 Å². The number of hydrogen-bond acceptors (Lipinski definition) is 22. The zero-order chi connectivity index (χ0) is 86.8. The Morgan fingerprint density at radius 1 is 0.418 bits per heavy atom. The van der Waals surface area contributed by atoms with Crippen LogP contribution in [0, 0.1) is 29.1 Å². The van der Waals surface area contributed by atoms with E-state index >= 15 is 0 Å². The van der Waals surface area contributed by atoms with Gasteiger partial charge in [-0.15, -0.1) is 0 Å². The Hall–Kier alpha value is -15.6. The van der Waals surface area contributed by atoms with Gasteiger partial charge in [-0.3, -0.25) is 29.1 Å². The number of amides is 2. The van der Waals surface area contributed by atoms with Crippen molar-refractivity contribution in [3.05, 3.63) is 331 Å². The fourth-order valence-electron chi connectivity index (χ4n) is 11.8. The van der Waals surface area contributed by atoms with Gasteiger partial charge in [0.1, 0.15) is 29.1 Å².